The topological polar surface area (TPSA) is 0 Å². The molecule has 0 aliphatic heterocycles. The Bertz CT molecular complexity index is 2060. The lowest BCUT2D eigenvalue weighted by Crippen LogP contribution is -2.41. The van der Waals surface area contributed by atoms with E-state index in [2.05, 4.69) is 127 Å². The third-order valence-corrected chi connectivity index (χ3v) is 12.9. The van der Waals surface area contributed by atoms with Crippen LogP contribution < -0.4 is 0 Å². The van der Waals surface area contributed by atoms with Crippen LogP contribution >= 0.6 is 0 Å². The minimum atomic E-state index is -0.158. The van der Waals surface area contributed by atoms with E-state index in [1.807, 2.05) is 0 Å². The molecule has 0 aromatic heterocycles. The van der Waals surface area contributed by atoms with Gasteiger partial charge in [0.15, 0.2) is 0 Å². The lowest BCUT2D eigenvalue weighted by atomic mass is 9.56. The molecule has 9 rings (SSSR count). The van der Waals surface area contributed by atoms with Crippen molar-refractivity contribution in [3.8, 4) is 11.1 Å². The van der Waals surface area contributed by atoms with Crippen LogP contribution in [0.5, 0.6) is 0 Å². The zero-order valence-corrected chi connectivity index (χ0v) is 28.2. The predicted molar refractivity (Wildman–Crippen MR) is 192 cm³/mol. The Morgan fingerprint density at radius 1 is 0.622 bits per heavy atom. The van der Waals surface area contributed by atoms with Gasteiger partial charge in [-0.05, 0) is 117 Å². The molecule has 1 fully saturated rings. The van der Waals surface area contributed by atoms with Gasteiger partial charge < -0.3 is 0 Å². The molecule has 0 heteroatoms. The van der Waals surface area contributed by atoms with Crippen LogP contribution in [0.25, 0.3) is 33.0 Å². The van der Waals surface area contributed by atoms with Crippen molar-refractivity contribution >= 4 is 21.9 Å². The summed E-state index contributed by atoms with van der Waals surface area (Å²) in [6.07, 6.45) is 12.0. The van der Waals surface area contributed by atoms with Gasteiger partial charge in [0.25, 0.3) is 0 Å². The van der Waals surface area contributed by atoms with E-state index in [4.69, 9.17) is 0 Å². The van der Waals surface area contributed by atoms with Crippen molar-refractivity contribution in [3.63, 3.8) is 0 Å². The fraction of sp³-hybridized carbons (Fsp3) is 0.378. The molecule has 0 bridgehead atoms. The molecule has 226 valence electrons. The number of allylic oxidation sites excluding steroid dienone is 6. The maximum Gasteiger partial charge on any atom is 0.0473 e. The Balaban J connectivity index is 1.42. The lowest BCUT2D eigenvalue weighted by Gasteiger charge is -2.47. The Kier molecular flexibility index (Phi) is 5.53. The van der Waals surface area contributed by atoms with Crippen molar-refractivity contribution < 1.29 is 0 Å². The fourth-order valence-electron chi connectivity index (χ4n) is 11.5. The van der Waals surface area contributed by atoms with Crippen LogP contribution in [0.1, 0.15) is 113 Å². The number of rotatable bonds is 1. The van der Waals surface area contributed by atoms with Gasteiger partial charge in [-0.15, -0.1) is 0 Å². The summed E-state index contributed by atoms with van der Waals surface area (Å²) in [7, 11) is 0. The monoisotopic (exact) mass is 586 g/mol. The summed E-state index contributed by atoms with van der Waals surface area (Å²) in [5.41, 5.74) is 19.4. The van der Waals surface area contributed by atoms with Gasteiger partial charge in [-0.2, -0.15) is 0 Å². The average molecular weight is 587 g/mol. The van der Waals surface area contributed by atoms with Gasteiger partial charge in [-0.25, -0.2) is 0 Å². The van der Waals surface area contributed by atoms with Crippen molar-refractivity contribution in [3.05, 3.63) is 129 Å². The van der Waals surface area contributed by atoms with Crippen LogP contribution in [0.2, 0.25) is 0 Å². The van der Waals surface area contributed by atoms with E-state index in [-0.39, 0.29) is 16.2 Å². The Hall–Kier alpha value is -3.64. The molecule has 0 amide bonds. The van der Waals surface area contributed by atoms with Gasteiger partial charge in [-0.3, -0.25) is 0 Å². The van der Waals surface area contributed by atoms with E-state index in [9.17, 15) is 0 Å². The lowest BCUT2D eigenvalue weighted by molar-refractivity contribution is 0.227. The number of aryl methyl sites for hydroxylation is 1. The first kappa shape index (κ1) is 27.7. The van der Waals surface area contributed by atoms with Gasteiger partial charge in [0, 0.05) is 16.2 Å². The molecule has 2 atom stereocenters. The summed E-state index contributed by atoms with van der Waals surface area (Å²) in [4.78, 5) is 0. The van der Waals surface area contributed by atoms with Crippen LogP contribution in [-0.4, -0.2) is 0 Å². The normalized spacial score (nSPS) is 25.5. The third kappa shape index (κ3) is 3.29. The first-order valence-corrected chi connectivity index (χ1v) is 17.5. The predicted octanol–water partition coefficient (Wildman–Crippen LogP) is 12.0. The maximum absolute atomic E-state index is 2.72. The van der Waals surface area contributed by atoms with Crippen molar-refractivity contribution in [1.29, 1.82) is 0 Å². The van der Waals surface area contributed by atoms with Gasteiger partial charge in [0.05, 0.1) is 0 Å². The molecular formula is C45H46. The summed E-state index contributed by atoms with van der Waals surface area (Å²) in [5, 5.41) is 2.87. The molecule has 4 aromatic rings. The molecule has 0 N–H and O–H groups in total. The summed E-state index contributed by atoms with van der Waals surface area (Å²) >= 11 is 0. The number of benzene rings is 4. The van der Waals surface area contributed by atoms with E-state index in [0.29, 0.717) is 11.8 Å². The molecule has 45 heavy (non-hydrogen) atoms. The Morgan fingerprint density at radius 2 is 1.31 bits per heavy atom. The van der Waals surface area contributed by atoms with Crippen LogP contribution in [0, 0.1) is 18.8 Å². The molecule has 1 spiro atoms. The molecule has 0 nitrogen and oxygen atoms in total. The maximum atomic E-state index is 2.72. The highest BCUT2D eigenvalue weighted by atomic mass is 14.6. The fourth-order valence-corrected chi connectivity index (χ4v) is 11.5. The highest BCUT2D eigenvalue weighted by molar-refractivity contribution is 6.13. The van der Waals surface area contributed by atoms with Crippen molar-refractivity contribution in [2.24, 2.45) is 11.8 Å². The minimum Gasteiger partial charge on any atom is -0.0681 e. The van der Waals surface area contributed by atoms with Crippen LogP contribution in [-0.2, 0) is 16.2 Å². The average Bonchev–Trinajstić information content (AvgIpc) is 3.53. The minimum absolute atomic E-state index is 0.0214. The van der Waals surface area contributed by atoms with Crippen LogP contribution in [0.3, 0.4) is 0 Å². The smallest absolute Gasteiger partial charge is 0.0473 e. The van der Waals surface area contributed by atoms with Gasteiger partial charge in [0.2, 0.25) is 0 Å². The van der Waals surface area contributed by atoms with E-state index in [0.717, 1.165) is 0 Å². The standard InChI is InChI=1S/C45H46/c1-26-23-28(3)38(29-15-9-8-10-16-29)45(25-26)36-22-21-33-40(37(36)34-24-27(2)30-17-11-12-18-31(30)39(34)45)44(6,7)41-32-19-13-14-20-35(32)43(4,5)42(33)41/h11-14,17-25,29,38H,8-10,15-16H2,1-7H3. The van der Waals surface area contributed by atoms with E-state index < -0.39 is 0 Å². The first-order chi connectivity index (χ1) is 21.6. The van der Waals surface area contributed by atoms with Crippen LogP contribution in [0.4, 0.5) is 0 Å². The molecule has 5 aliphatic rings. The quantitative estimate of drug-likeness (QED) is 0.208. The summed E-state index contributed by atoms with van der Waals surface area (Å²) in [6.45, 7) is 17.1. The molecule has 0 radical (unpaired) electrons. The highest BCUT2D eigenvalue weighted by Crippen LogP contribution is 2.69. The first-order valence-electron chi connectivity index (χ1n) is 17.5. The third-order valence-electron chi connectivity index (χ3n) is 12.9. The number of fused-ring (bicyclic) bond motifs is 12. The van der Waals surface area contributed by atoms with Gasteiger partial charge >= 0.3 is 0 Å². The zero-order chi connectivity index (χ0) is 31.0. The molecule has 4 aromatic carbocycles. The second-order valence-corrected chi connectivity index (χ2v) is 16.1. The zero-order valence-electron chi connectivity index (χ0n) is 28.2. The molecule has 2 unspecified atom stereocenters. The van der Waals surface area contributed by atoms with Crippen molar-refractivity contribution in [2.45, 2.75) is 96.8 Å². The summed E-state index contributed by atoms with van der Waals surface area (Å²) < 4.78 is 0. The Morgan fingerprint density at radius 3 is 2.09 bits per heavy atom. The largest absolute Gasteiger partial charge is 0.0681 e. The summed E-state index contributed by atoms with van der Waals surface area (Å²) in [5.74, 6) is 1.18. The van der Waals surface area contributed by atoms with E-state index in [1.54, 1.807) is 39.0 Å². The van der Waals surface area contributed by atoms with Gasteiger partial charge in [-0.1, -0.05) is 137 Å². The Labute approximate surface area is 270 Å². The molecule has 1 saturated carbocycles. The number of hydrogen-bond donors (Lipinski definition) is 0. The second kappa shape index (κ2) is 9.00. The van der Waals surface area contributed by atoms with Crippen LogP contribution in [0.15, 0.2) is 90.0 Å². The van der Waals surface area contributed by atoms with E-state index in [1.165, 1.54) is 76.3 Å². The highest BCUT2D eigenvalue weighted by Gasteiger charge is 2.57. The van der Waals surface area contributed by atoms with Crippen molar-refractivity contribution in [1.82, 2.24) is 0 Å². The molecule has 0 saturated heterocycles. The molecule has 5 aliphatic carbocycles. The number of hydrogen-bond acceptors (Lipinski definition) is 0. The molecule has 0 heterocycles. The van der Waals surface area contributed by atoms with E-state index >= 15 is 0 Å². The summed E-state index contributed by atoms with van der Waals surface area (Å²) in [6, 6.07) is 26.3. The van der Waals surface area contributed by atoms with Crippen molar-refractivity contribution in [2.75, 3.05) is 0 Å². The second-order valence-electron chi connectivity index (χ2n) is 16.1. The SMILES string of the molecule is CC1=CC2(c3ccc4c(c3-c3cc(C)c5ccccc5c32)C(C)(C)C2=C4C(C)(C)c3ccccc32)C(C2CCCCC2)C(C)=C1. The van der Waals surface area contributed by atoms with Gasteiger partial charge in [0.1, 0.15) is 0 Å². The molecular weight excluding hydrogens is 540 g/mol.